The summed E-state index contributed by atoms with van der Waals surface area (Å²) in [5.41, 5.74) is 3.20. The minimum Gasteiger partial charge on any atom is -0.484 e. The molecular formula is C18H22N6O. The summed E-state index contributed by atoms with van der Waals surface area (Å²) in [5.74, 6) is 1.70. The van der Waals surface area contributed by atoms with Crippen molar-refractivity contribution in [2.75, 3.05) is 14.1 Å². The molecule has 3 rings (SSSR count). The Hall–Kier alpha value is -2.96. The van der Waals surface area contributed by atoms with Crippen LogP contribution in [0.5, 0.6) is 5.75 Å². The molecule has 7 heteroatoms. The van der Waals surface area contributed by atoms with Crippen molar-refractivity contribution in [3.8, 4) is 5.75 Å². The Labute approximate surface area is 147 Å². The number of hydrogen-bond acceptors (Lipinski definition) is 5. The number of benzene rings is 1. The molecule has 25 heavy (non-hydrogen) atoms. The summed E-state index contributed by atoms with van der Waals surface area (Å²) < 4.78 is 7.79. The van der Waals surface area contributed by atoms with Gasteiger partial charge in [-0.25, -0.2) is 9.98 Å². The van der Waals surface area contributed by atoms with Crippen LogP contribution >= 0.6 is 0 Å². The van der Waals surface area contributed by atoms with Crippen LogP contribution < -0.4 is 4.74 Å². The monoisotopic (exact) mass is 338 g/mol. The normalized spacial score (nSPS) is 12.7. The van der Waals surface area contributed by atoms with E-state index in [1.165, 1.54) is 11.1 Å². The van der Waals surface area contributed by atoms with Crippen molar-refractivity contribution in [2.24, 2.45) is 4.99 Å². The van der Waals surface area contributed by atoms with Crippen LogP contribution in [0.2, 0.25) is 0 Å². The summed E-state index contributed by atoms with van der Waals surface area (Å²) in [6.07, 6.45) is 3.16. The lowest BCUT2D eigenvalue weighted by Crippen LogP contribution is -2.10. The van der Waals surface area contributed by atoms with Gasteiger partial charge in [0.25, 0.3) is 11.7 Å². The Bertz CT molecular complexity index is 895. The van der Waals surface area contributed by atoms with Crippen molar-refractivity contribution in [1.82, 2.24) is 24.5 Å². The van der Waals surface area contributed by atoms with Gasteiger partial charge in [-0.3, -0.25) is 0 Å². The molecule has 130 valence electrons. The van der Waals surface area contributed by atoms with Gasteiger partial charge in [-0.15, -0.1) is 5.10 Å². The van der Waals surface area contributed by atoms with Gasteiger partial charge in [0.1, 0.15) is 11.9 Å². The molecule has 0 fully saturated rings. The fourth-order valence-corrected chi connectivity index (χ4v) is 2.60. The molecule has 7 nitrogen and oxygen atoms in total. The van der Waals surface area contributed by atoms with E-state index in [-0.39, 0.29) is 6.10 Å². The van der Waals surface area contributed by atoms with E-state index in [0.29, 0.717) is 11.7 Å². The topological polar surface area (TPSA) is 67.9 Å². The zero-order chi connectivity index (χ0) is 18.0. The maximum Gasteiger partial charge on any atom is 0.272 e. The highest BCUT2D eigenvalue weighted by Crippen LogP contribution is 2.24. The molecule has 3 aromatic rings. The van der Waals surface area contributed by atoms with Gasteiger partial charge in [0.05, 0.1) is 12.0 Å². The van der Waals surface area contributed by atoms with E-state index in [0.717, 1.165) is 11.4 Å². The third-order valence-corrected chi connectivity index (χ3v) is 3.59. The fourth-order valence-electron chi connectivity index (χ4n) is 2.60. The van der Waals surface area contributed by atoms with E-state index in [2.05, 4.69) is 40.0 Å². The molecule has 0 aliphatic rings. The molecule has 0 spiro atoms. The minimum atomic E-state index is -0.209. The Morgan fingerprint density at radius 3 is 2.60 bits per heavy atom. The number of fused-ring (bicyclic) bond motifs is 1. The number of aromatic nitrogens is 4. The first-order valence-electron chi connectivity index (χ1n) is 8.09. The molecule has 0 aliphatic carbocycles. The number of rotatable bonds is 5. The number of nitrogens with zero attached hydrogens (tertiary/aromatic N) is 6. The van der Waals surface area contributed by atoms with Gasteiger partial charge < -0.3 is 9.64 Å². The number of ether oxygens (including phenoxy) is 1. The molecule has 0 radical (unpaired) electrons. The molecule has 1 aromatic carbocycles. The first kappa shape index (κ1) is 16.9. The van der Waals surface area contributed by atoms with E-state index in [1.54, 1.807) is 17.1 Å². The van der Waals surface area contributed by atoms with Crippen LogP contribution in [0.4, 0.5) is 5.95 Å². The summed E-state index contributed by atoms with van der Waals surface area (Å²) in [4.78, 5) is 14.6. The smallest absolute Gasteiger partial charge is 0.272 e. The lowest BCUT2D eigenvalue weighted by atomic mass is 10.1. The highest BCUT2D eigenvalue weighted by Gasteiger charge is 2.15. The van der Waals surface area contributed by atoms with E-state index in [4.69, 9.17) is 4.74 Å². The van der Waals surface area contributed by atoms with Gasteiger partial charge in [-0.05, 0) is 50.1 Å². The molecule has 0 saturated carbocycles. The van der Waals surface area contributed by atoms with E-state index in [1.807, 2.05) is 44.1 Å². The summed E-state index contributed by atoms with van der Waals surface area (Å²) >= 11 is 0. The largest absolute Gasteiger partial charge is 0.484 e. The first-order valence-corrected chi connectivity index (χ1v) is 8.09. The Morgan fingerprint density at radius 2 is 1.92 bits per heavy atom. The van der Waals surface area contributed by atoms with Gasteiger partial charge in [0.15, 0.2) is 0 Å². The Balaban J connectivity index is 1.91. The number of hydrogen-bond donors (Lipinski definition) is 0. The van der Waals surface area contributed by atoms with Crippen molar-refractivity contribution in [3.05, 3.63) is 47.3 Å². The van der Waals surface area contributed by atoms with Crippen LogP contribution in [0, 0.1) is 13.8 Å². The molecule has 0 N–H and O–H groups in total. The number of aryl methyl sites for hydroxylation is 2. The average molecular weight is 338 g/mol. The lowest BCUT2D eigenvalue weighted by Gasteiger charge is -2.16. The SMILES string of the molecule is Cc1cc(C)cc(O[C@H](C)c2ccnc3nc(N=CN(C)C)nn23)c1. The van der Waals surface area contributed by atoms with Crippen molar-refractivity contribution in [1.29, 1.82) is 0 Å². The quantitative estimate of drug-likeness (QED) is 0.528. The minimum absolute atomic E-state index is 0.209. The predicted octanol–water partition coefficient (Wildman–Crippen LogP) is 3.10. The van der Waals surface area contributed by atoms with Gasteiger partial charge >= 0.3 is 0 Å². The van der Waals surface area contributed by atoms with Crippen LogP contribution in [0.25, 0.3) is 5.78 Å². The number of aliphatic imine (C=N–C) groups is 1. The van der Waals surface area contributed by atoms with E-state index >= 15 is 0 Å². The molecule has 1 atom stereocenters. The van der Waals surface area contributed by atoms with Crippen molar-refractivity contribution >= 4 is 18.1 Å². The van der Waals surface area contributed by atoms with Gasteiger partial charge in [-0.2, -0.15) is 9.50 Å². The fraction of sp³-hybridized carbons (Fsp3) is 0.333. The lowest BCUT2D eigenvalue weighted by molar-refractivity contribution is 0.218. The Kier molecular flexibility index (Phi) is 4.65. The second kappa shape index (κ2) is 6.88. The molecule has 0 amide bonds. The van der Waals surface area contributed by atoms with Crippen LogP contribution in [0.15, 0.2) is 35.5 Å². The van der Waals surface area contributed by atoms with Gasteiger partial charge in [-0.1, -0.05) is 6.07 Å². The van der Waals surface area contributed by atoms with Crippen molar-refractivity contribution in [3.63, 3.8) is 0 Å². The molecule has 0 unspecified atom stereocenters. The molecule has 2 heterocycles. The second-order valence-electron chi connectivity index (χ2n) is 6.28. The summed E-state index contributed by atoms with van der Waals surface area (Å²) in [6, 6.07) is 8.05. The molecular weight excluding hydrogens is 316 g/mol. The molecule has 0 aliphatic heterocycles. The highest BCUT2D eigenvalue weighted by atomic mass is 16.5. The molecule has 2 aromatic heterocycles. The zero-order valence-electron chi connectivity index (χ0n) is 15.1. The summed E-state index contributed by atoms with van der Waals surface area (Å²) in [7, 11) is 3.78. The zero-order valence-corrected chi connectivity index (χ0v) is 15.1. The average Bonchev–Trinajstić information content (AvgIpc) is 2.94. The second-order valence-corrected chi connectivity index (χ2v) is 6.28. The molecule has 0 saturated heterocycles. The predicted molar refractivity (Wildman–Crippen MR) is 97.6 cm³/mol. The van der Waals surface area contributed by atoms with E-state index in [9.17, 15) is 0 Å². The van der Waals surface area contributed by atoms with Crippen LogP contribution in [-0.2, 0) is 0 Å². The standard InChI is InChI=1S/C18H22N6O/c1-12-8-13(2)10-15(9-12)25-14(3)16-6-7-19-18-21-17(22-24(16)18)20-11-23(4)5/h6-11,14H,1-5H3/t14-/m1/s1. The van der Waals surface area contributed by atoms with Gasteiger partial charge in [0, 0.05) is 20.3 Å². The first-order chi connectivity index (χ1) is 11.9. The van der Waals surface area contributed by atoms with Crippen LogP contribution in [0.3, 0.4) is 0 Å². The summed E-state index contributed by atoms with van der Waals surface area (Å²) in [5, 5.41) is 4.42. The van der Waals surface area contributed by atoms with E-state index < -0.39 is 0 Å². The van der Waals surface area contributed by atoms with Crippen LogP contribution in [-0.4, -0.2) is 44.9 Å². The Morgan fingerprint density at radius 1 is 1.20 bits per heavy atom. The maximum atomic E-state index is 6.11. The highest BCUT2D eigenvalue weighted by molar-refractivity contribution is 5.58. The maximum absolute atomic E-state index is 6.11. The third-order valence-electron chi connectivity index (χ3n) is 3.59. The van der Waals surface area contributed by atoms with Crippen molar-refractivity contribution in [2.45, 2.75) is 26.9 Å². The van der Waals surface area contributed by atoms with Crippen LogP contribution in [0.1, 0.15) is 29.8 Å². The van der Waals surface area contributed by atoms with Gasteiger partial charge in [0.2, 0.25) is 0 Å². The van der Waals surface area contributed by atoms with Crippen molar-refractivity contribution < 1.29 is 4.74 Å². The molecule has 0 bridgehead atoms. The summed E-state index contributed by atoms with van der Waals surface area (Å²) in [6.45, 7) is 6.10. The third kappa shape index (κ3) is 3.93.